The number of carbonyl (C=O) groups excluding carboxylic acids is 3. The second kappa shape index (κ2) is 15.6. The summed E-state index contributed by atoms with van der Waals surface area (Å²) in [6.45, 7) is 4.77. The van der Waals surface area contributed by atoms with E-state index >= 15 is 0 Å². The van der Waals surface area contributed by atoms with E-state index in [4.69, 9.17) is 10.5 Å². The average Bonchev–Trinajstić information content (AvgIpc) is 4.07. The number of benzene rings is 1. The minimum absolute atomic E-state index is 0.0241. The maximum absolute atomic E-state index is 14.4. The first kappa shape index (κ1) is 39.8. The number of aromatic nitrogens is 9. The van der Waals surface area contributed by atoms with Crippen molar-refractivity contribution in [3.63, 3.8) is 0 Å². The molecule has 1 unspecified atom stereocenters. The zero-order valence-electron chi connectivity index (χ0n) is 34.2. The minimum Gasteiger partial charge on any atom is -0.372 e. The summed E-state index contributed by atoms with van der Waals surface area (Å²) in [7, 11) is 1.73. The topological polar surface area (TPSA) is 198 Å². The van der Waals surface area contributed by atoms with Gasteiger partial charge in [0.2, 0.25) is 17.7 Å². The van der Waals surface area contributed by atoms with Crippen molar-refractivity contribution in [3.8, 4) is 17.1 Å². The zero-order chi connectivity index (χ0) is 42.9. The highest BCUT2D eigenvalue weighted by Crippen LogP contribution is 2.38. The molecule has 1 aliphatic carbocycles. The van der Waals surface area contributed by atoms with Crippen molar-refractivity contribution in [1.82, 2.24) is 53.7 Å². The van der Waals surface area contributed by atoms with Gasteiger partial charge in [-0.05, 0) is 81.2 Å². The largest absolute Gasteiger partial charge is 0.372 e. The number of imide groups is 1. The van der Waals surface area contributed by atoms with Crippen LogP contribution in [0, 0.1) is 5.92 Å². The highest BCUT2D eigenvalue weighted by Gasteiger charge is 2.41. The number of hydrogen-bond acceptors (Lipinski definition) is 11. The number of amides is 3. The number of fused-ring (bicyclic) bond motifs is 2. The van der Waals surface area contributed by atoms with E-state index in [9.17, 15) is 28.0 Å². The van der Waals surface area contributed by atoms with Crippen LogP contribution in [0.3, 0.4) is 0 Å². The summed E-state index contributed by atoms with van der Waals surface area (Å²) in [4.78, 5) is 54.6. The van der Waals surface area contributed by atoms with Crippen molar-refractivity contribution in [3.05, 3.63) is 76.7 Å². The first-order chi connectivity index (χ1) is 29.9. The van der Waals surface area contributed by atoms with E-state index in [1.807, 2.05) is 18.2 Å². The van der Waals surface area contributed by atoms with Crippen LogP contribution in [0.5, 0.6) is 0 Å². The van der Waals surface area contributed by atoms with Crippen LogP contribution in [0.15, 0.2) is 59.8 Å². The summed E-state index contributed by atoms with van der Waals surface area (Å²) < 4.78 is 43.1. The number of primary amides is 1. The molecule has 20 heteroatoms. The van der Waals surface area contributed by atoms with Crippen LogP contribution in [-0.4, -0.2) is 111 Å². The number of piperidine rings is 2. The molecule has 3 amide bonds. The Morgan fingerprint density at radius 3 is 2.58 bits per heavy atom. The number of anilines is 1. The molecule has 1 spiro atoms. The van der Waals surface area contributed by atoms with Gasteiger partial charge < -0.3 is 15.4 Å². The SMILES string of the molecule is Cn1c(=O)n(C2CCC(=O)NC2=O)c2cccc(N3CCC4(CC3)CN(CC3CCC(n5cc(-n6cc(-c7ccc8cc(C(N)=O)cnn78)nn6)c(C(F)F)n5)CC3)CCO4)c21. The fourth-order valence-corrected chi connectivity index (χ4v) is 10.1. The minimum atomic E-state index is -2.81. The van der Waals surface area contributed by atoms with Gasteiger partial charge in [-0.2, -0.15) is 10.2 Å². The summed E-state index contributed by atoms with van der Waals surface area (Å²) in [6.07, 6.45) is 7.42. The van der Waals surface area contributed by atoms with Crippen LogP contribution < -0.4 is 21.6 Å². The lowest BCUT2D eigenvalue weighted by molar-refractivity contribution is -0.135. The molecule has 5 aromatic heterocycles. The van der Waals surface area contributed by atoms with E-state index in [-0.39, 0.29) is 53.0 Å². The van der Waals surface area contributed by atoms with E-state index in [1.165, 1.54) is 15.4 Å². The Hall–Kier alpha value is -6.28. The molecular weight excluding hydrogens is 805 g/mol. The van der Waals surface area contributed by atoms with Gasteiger partial charge in [0.05, 0.1) is 70.3 Å². The Kier molecular flexibility index (Phi) is 10.0. The number of alkyl halides is 2. The van der Waals surface area contributed by atoms with Gasteiger partial charge in [-0.25, -0.2) is 22.8 Å². The number of para-hydroxylation sites is 1. The molecule has 18 nitrogen and oxygen atoms in total. The molecule has 4 aliphatic rings. The highest BCUT2D eigenvalue weighted by molar-refractivity contribution is 6.00. The molecule has 4 fully saturated rings. The molecule has 0 bridgehead atoms. The fraction of sp³-hybridized carbons (Fsp3) is 0.476. The lowest BCUT2D eigenvalue weighted by Gasteiger charge is -2.48. The number of imidazole rings is 1. The molecule has 3 aliphatic heterocycles. The Balaban J connectivity index is 0.769. The maximum atomic E-state index is 14.4. The lowest BCUT2D eigenvalue weighted by atomic mass is 9.84. The Morgan fingerprint density at radius 1 is 1.02 bits per heavy atom. The monoisotopic (exact) mass is 851 g/mol. The highest BCUT2D eigenvalue weighted by atomic mass is 19.3. The molecule has 10 rings (SSSR count). The van der Waals surface area contributed by atoms with Crippen molar-refractivity contribution < 1.29 is 27.9 Å². The van der Waals surface area contributed by atoms with Crippen molar-refractivity contribution in [1.29, 1.82) is 0 Å². The molecule has 0 radical (unpaired) electrons. The first-order valence-electron chi connectivity index (χ1n) is 21.2. The van der Waals surface area contributed by atoms with Crippen LogP contribution in [0.4, 0.5) is 14.5 Å². The quantitative estimate of drug-likeness (QED) is 0.202. The van der Waals surface area contributed by atoms with E-state index in [2.05, 4.69) is 35.6 Å². The number of nitrogens with zero attached hydrogens (tertiary/aromatic N) is 11. The number of morpholine rings is 1. The van der Waals surface area contributed by atoms with Crippen LogP contribution in [-0.2, 0) is 21.4 Å². The first-order valence-corrected chi connectivity index (χ1v) is 21.2. The second-order valence-corrected chi connectivity index (χ2v) is 17.1. The molecule has 1 saturated carbocycles. The number of aryl methyl sites for hydroxylation is 1. The number of halogens is 2. The maximum Gasteiger partial charge on any atom is 0.329 e. The van der Waals surface area contributed by atoms with E-state index < -0.39 is 24.3 Å². The number of carbonyl (C=O) groups is 3. The summed E-state index contributed by atoms with van der Waals surface area (Å²) in [5, 5.41) is 19.5. The Morgan fingerprint density at radius 2 is 1.82 bits per heavy atom. The third-order valence-corrected chi connectivity index (χ3v) is 13.4. The molecule has 3 saturated heterocycles. The number of ether oxygens (including phenoxy) is 1. The van der Waals surface area contributed by atoms with E-state index in [1.54, 1.807) is 51.4 Å². The van der Waals surface area contributed by atoms with Gasteiger partial charge in [0.25, 0.3) is 6.43 Å². The van der Waals surface area contributed by atoms with Crippen LogP contribution in [0.2, 0.25) is 0 Å². The molecule has 324 valence electrons. The molecule has 8 heterocycles. The van der Waals surface area contributed by atoms with Crippen LogP contribution in [0.25, 0.3) is 33.6 Å². The molecule has 1 aromatic carbocycles. The standard InChI is InChI=1S/C42H47F2N13O5/c1-51-37-31(3-2-4-32(37)56(41(51)61)33-11-12-35(58)47-40(33)60)53-15-13-42(14-16-53)24-52(17-18-62-42)21-25-5-7-27(8-6-25)54-23-34(36(49-54)38(43)44)55-22-29(48-50-55)30-10-9-28-19-26(39(45)59)20-46-57(28)30/h2-4,9-10,19-20,22-23,25,27,33,38H,5-8,11-18,21,24H2,1H3,(H2,45,59)(H,47,58,60). The molecular formula is C42H47F2N13O5. The zero-order valence-corrected chi connectivity index (χ0v) is 34.2. The molecule has 3 N–H and O–H groups in total. The smallest absolute Gasteiger partial charge is 0.329 e. The van der Waals surface area contributed by atoms with Crippen molar-refractivity contribution in [2.75, 3.05) is 44.2 Å². The summed E-state index contributed by atoms with van der Waals surface area (Å²) in [5.41, 5.74) is 8.92. The third kappa shape index (κ3) is 7.03. The Bertz CT molecular complexity index is 2770. The molecule has 62 heavy (non-hydrogen) atoms. The third-order valence-electron chi connectivity index (χ3n) is 13.4. The van der Waals surface area contributed by atoms with Gasteiger partial charge in [0.1, 0.15) is 17.4 Å². The molecule has 1 atom stereocenters. The average molecular weight is 852 g/mol. The van der Waals surface area contributed by atoms with Crippen molar-refractivity contribution in [2.45, 2.75) is 75.5 Å². The fourth-order valence-electron chi connectivity index (χ4n) is 10.1. The number of nitrogens with two attached hydrogens (primary N) is 1. The number of hydrogen-bond donors (Lipinski definition) is 2. The van der Waals surface area contributed by atoms with Crippen LogP contribution in [0.1, 0.15) is 85.9 Å². The predicted octanol–water partition coefficient (Wildman–Crippen LogP) is 3.55. The number of nitrogens with one attached hydrogen (secondary N) is 1. The van der Waals surface area contributed by atoms with Gasteiger partial charge in [0, 0.05) is 46.2 Å². The van der Waals surface area contributed by atoms with Gasteiger partial charge in [-0.15, -0.1) is 5.10 Å². The summed E-state index contributed by atoms with van der Waals surface area (Å²) in [6, 6.07) is 10.2. The van der Waals surface area contributed by atoms with Crippen molar-refractivity contribution >= 4 is 40.0 Å². The summed E-state index contributed by atoms with van der Waals surface area (Å²) in [5.74, 6) is -0.904. The van der Waals surface area contributed by atoms with Gasteiger partial charge in [-0.1, -0.05) is 11.3 Å². The van der Waals surface area contributed by atoms with Crippen LogP contribution >= 0.6 is 0 Å². The van der Waals surface area contributed by atoms with E-state index in [0.29, 0.717) is 34.9 Å². The van der Waals surface area contributed by atoms with Crippen molar-refractivity contribution in [2.24, 2.45) is 18.7 Å². The lowest BCUT2D eigenvalue weighted by Crippen LogP contribution is -2.57. The van der Waals surface area contributed by atoms with Gasteiger partial charge in [0.15, 0.2) is 5.69 Å². The van der Waals surface area contributed by atoms with Gasteiger partial charge >= 0.3 is 5.69 Å². The molecule has 6 aromatic rings. The van der Waals surface area contributed by atoms with Gasteiger partial charge in [-0.3, -0.25) is 38.4 Å². The number of rotatable bonds is 9. The summed E-state index contributed by atoms with van der Waals surface area (Å²) >= 11 is 0. The Labute approximate surface area is 353 Å². The predicted molar refractivity (Wildman–Crippen MR) is 221 cm³/mol. The van der Waals surface area contributed by atoms with E-state index in [0.717, 1.165) is 82.5 Å². The normalized spacial score (nSPS) is 22.3. The second-order valence-electron chi connectivity index (χ2n) is 17.1.